The predicted molar refractivity (Wildman–Crippen MR) is 272 cm³/mol. The van der Waals surface area contributed by atoms with Crippen LogP contribution in [0.5, 0.6) is 11.5 Å². The number of amides is 4. The molecular formula is C52H42N4O12S4. The predicted octanol–water partition coefficient (Wildman–Crippen LogP) is 10.5. The number of nitrogens with one attached hydrogen (secondary N) is 4. The summed E-state index contributed by atoms with van der Waals surface area (Å²) < 4.78 is 116. The van der Waals surface area contributed by atoms with Gasteiger partial charge in [0.2, 0.25) is 19.7 Å². The highest BCUT2D eigenvalue weighted by Gasteiger charge is 2.22. The second-order valence-corrected chi connectivity index (χ2v) is 23.0. The molecule has 0 aromatic heterocycles. The van der Waals surface area contributed by atoms with Crippen molar-refractivity contribution in [2.45, 2.75) is 43.2 Å². The van der Waals surface area contributed by atoms with E-state index in [9.17, 15) is 43.3 Å². The zero-order valence-corrected chi connectivity index (χ0v) is 41.3. The quantitative estimate of drug-likeness (QED) is 0.0702. The van der Waals surface area contributed by atoms with Gasteiger partial charge in [0.05, 0.1) is 19.6 Å². The van der Waals surface area contributed by atoms with Gasteiger partial charge >= 0.3 is 32.3 Å². The van der Waals surface area contributed by atoms with E-state index in [1.54, 1.807) is 24.3 Å². The van der Waals surface area contributed by atoms with Gasteiger partial charge in [0.25, 0.3) is 0 Å². The highest BCUT2D eigenvalue weighted by Crippen LogP contribution is 2.29. The van der Waals surface area contributed by atoms with E-state index in [0.717, 1.165) is 11.1 Å². The summed E-state index contributed by atoms with van der Waals surface area (Å²) in [6.07, 6.45) is 0. The van der Waals surface area contributed by atoms with E-state index in [-0.39, 0.29) is 52.2 Å². The van der Waals surface area contributed by atoms with Crippen LogP contribution in [-0.2, 0) is 39.9 Å². The minimum atomic E-state index is -4.36. The molecule has 0 spiro atoms. The molecule has 0 saturated carbocycles. The van der Waals surface area contributed by atoms with Gasteiger partial charge in [0.1, 0.15) is 21.3 Å². The Balaban J connectivity index is 0.832. The Morgan fingerprint density at radius 2 is 0.611 bits per heavy atom. The van der Waals surface area contributed by atoms with Crippen molar-refractivity contribution in [1.29, 1.82) is 0 Å². The van der Waals surface area contributed by atoms with Crippen LogP contribution in [0, 0.1) is 13.8 Å². The minimum Gasteiger partial charge on any atom is -0.379 e. The first kappa shape index (κ1) is 50.1. The van der Waals surface area contributed by atoms with E-state index in [4.69, 9.17) is 8.37 Å². The number of carbonyl (C=O) groups is 2. The lowest BCUT2D eigenvalue weighted by atomic mass is 10.1. The fourth-order valence-corrected chi connectivity index (χ4v) is 11.3. The second-order valence-electron chi connectivity index (χ2n) is 16.0. The topological polar surface area (TPSA) is 237 Å². The summed E-state index contributed by atoms with van der Waals surface area (Å²) >= 11 is 0. The SMILES string of the molecule is Cc1ccc(S(=O)(=O)c2ccc(NC(=O)Nc3cccc(OS(=O)(=O)c4ccc(-c5ccc(S(=O)(=O)Oc6cccc(NC(=O)Nc7ccc(S(=O)(=O)c8ccc(C)cc8)cc7)c6)cc5)cc4)c3)cc2)cc1. The van der Waals surface area contributed by atoms with Crippen LogP contribution in [0.3, 0.4) is 0 Å². The number of rotatable bonds is 15. The average molecular weight is 1040 g/mol. The van der Waals surface area contributed by atoms with Gasteiger partial charge < -0.3 is 29.6 Å². The van der Waals surface area contributed by atoms with Crippen molar-refractivity contribution >= 4 is 74.7 Å². The Bertz CT molecular complexity index is 3510. The van der Waals surface area contributed by atoms with Crippen LogP contribution in [0.25, 0.3) is 11.1 Å². The molecule has 16 nitrogen and oxygen atoms in total. The maximum atomic E-state index is 13.3. The molecule has 0 unspecified atom stereocenters. The highest BCUT2D eigenvalue weighted by atomic mass is 32.2. The molecular weight excluding hydrogens is 1000 g/mol. The van der Waals surface area contributed by atoms with Crippen molar-refractivity contribution in [3.05, 3.63) is 205 Å². The standard InChI is InChI=1S/C52H42N4O12S4/c1-35-9-21-45(22-10-35)69(59,60)47-29-17-39(18-30-47)53-51(57)55-41-5-3-7-43(33-41)67-71(63,64)49-25-13-37(14-26-49)38-15-27-50(28-16-38)72(65,66)68-44-8-4-6-42(34-44)56-52(58)54-40-19-31-48(32-20-40)70(61,62)46-23-11-36(2)12-24-46/h3-34H,1-2H3,(H2,53,55,57)(H2,54,56,58). The van der Waals surface area contributed by atoms with Crippen LogP contribution in [0.2, 0.25) is 0 Å². The molecule has 0 fully saturated rings. The van der Waals surface area contributed by atoms with Gasteiger partial charge in [-0.05, 0) is 146 Å². The number of aryl methyl sites for hydroxylation is 2. The zero-order chi connectivity index (χ0) is 51.3. The number of anilines is 4. The van der Waals surface area contributed by atoms with Crippen molar-refractivity contribution < 1.29 is 51.6 Å². The third-order valence-corrected chi connectivity index (χ3v) is 16.8. The molecule has 0 aliphatic heterocycles. The van der Waals surface area contributed by atoms with Gasteiger partial charge in [-0.25, -0.2) is 26.4 Å². The third kappa shape index (κ3) is 12.0. The molecule has 72 heavy (non-hydrogen) atoms. The van der Waals surface area contributed by atoms with E-state index < -0.39 is 52.0 Å². The summed E-state index contributed by atoms with van der Waals surface area (Å²) in [5.74, 6) is -0.187. The van der Waals surface area contributed by atoms with Crippen molar-refractivity contribution in [3.8, 4) is 22.6 Å². The Labute approximate surface area is 416 Å². The molecule has 0 bridgehead atoms. The minimum absolute atomic E-state index is 0.0496. The lowest BCUT2D eigenvalue weighted by Gasteiger charge is -2.12. The van der Waals surface area contributed by atoms with Crippen molar-refractivity contribution in [3.63, 3.8) is 0 Å². The molecule has 366 valence electrons. The van der Waals surface area contributed by atoms with Crippen LogP contribution in [0.15, 0.2) is 223 Å². The van der Waals surface area contributed by atoms with Crippen LogP contribution < -0.4 is 29.6 Å². The molecule has 8 rings (SSSR count). The molecule has 0 atom stereocenters. The summed E-state index contributed by atoms with van der Waals surface area (Å²) in [5.41, 5.74) is 3.96. The normalized spacial score (nSPS) is 11.8. The zero-order valence-electron chi connectivity index (χ0n) is 38.0. The third-order valence-electron chi connectivity index (χ3n) is 10.7. The largest absolute Gasteiger partial charge is 0.379 e. The van der Waals surface area contributed by atoms with E-state index in [1.807, 2.05) is 13.8 Å². The van der Waals surface area contributed by atoms with E-state index >= 15 is 0 Å². The molecule has 8 aromatic rings. The maximum Gasteiger partial charge on any atom is 0.339 e. The highest BCUT2D eigenvalue weighted by molar-refractivity contribution is 7.91. The van der Waals surface area contributed by atoms with Gasteiger partial charge in [-0.15, -0.1) is 0 Å². The fourth-order valence-electron chi connectivity index (χ4n) is 6.96. The number of sulfone groups is 2. The molecule has 0 aliphatic carbocycles. The maximum absolute atomic E-state index is 13.3. The Morgan fingerprint density at radius 1 is 0.333 bits per heavy atom. The van der Waals surface area contributed by atoms with Gasteiger partial charge in [-0.2, -0.15) is 16.8 Å². The molecule has 0 heterocycles. The van der Waals surface area contributed by atoms with Gasteiger partial charge in [0.15, 0.2) is 0 Å². The number of carbonyl (C=O) groups excluding carboxylic acids is 2. The summed E-state index contributed by atoms with van der Waals surface area (Å²) in [4.78, 5) is 25.6. The van der Waals surface area contributed by atoms with Crippen molar-refractivity contribution in [2.24, 2.45) is 0 Å². The van der Waals surface area contributed by atoms with Crippen LogP contribution >= 0.6 is 0 Å². The fraction of sp³-hybridized carbons (Fsp3) is 0.0385. The Kier molecular flexibility index (Phi) is 14.3. The molecule has 0 saturated heterocycles. The van der Waals surface area contributed by atoms with E-state index in [1.165, 1.54) is 170 Å². The Morgan fingerprint density at radius 3 is 0.931 bits per heavy atom. The van der Waals surface area contributed by atoms with Gasteiger partial charge in [-0.3, -0.25) is 0 Å². The molecule has 0 radical (unpaired) electrons. The second kappa shape index (κ2) is 20.6. The summed E-state index contributed by atoms with van der Waals surface area (Å²) in [5, 5.41) is 10.4. The number of benzene rings is 8. The first-order valence-electron chi connectivity index (χ1n) is 21.5. The number of hydrogen-bond donors (Lipinski definition) is 4. The van der Waals surface area contributed by atoms with E-state index in [2.05, 4.69) is 21.3 Å². The van der Waals surface area contributed by atoms with Gasteiger partial charge in [0, 0.05) is 34.9 Å². The van der Waals surface area contributed by atoms with Crippen LogP contribution in [-0.4, -0.2) is 45.7 Å². The van der Waals surface area contributed by atoms with Crippen LogP contribution in [0.1, 0.15) is 11.1 Å². The molecule has 0 aliphatic rings. The van der Waals surface area contributed by atoms with Gasteiger partial charge in [-0.1, -0.05) is 71.8 Å². The average Bonchev–Trinajstić information content (AvgIpc) is 3.34. The van der Waals surface area contributed by atoms with Crippen LogP contribution in [0.4, 0.5) is 32.3 Å². The lowest BCUT2D eigenvalue weighted by molar-refractivity contribution is 0.261. The monoisotopic (exact) mass is 1040 g/mol. The summed E-state index contributed by atoms with van der Waals surface area (Å²) in [7, 11) is -16.2. The molecule has 20 heteroatoms. The molecule has 8 aromatic carbocycles. The summed E-state index contributed by atoms with van der Waals surface area (Å²) in [6.45, 7) is 3.71. The molecule has 4 amide bonds. The summed E-state index contributed by atoms with van der Waals surface area (Å²) in [6, 6.07) is 45.6. The lowest BCUT2D eigenvalue weighted by Crippen LogP contribution is -2.19. The number of urea groups is 2. The first-order chi connectivity index (χ1) is 34.2. The number of hydrogen-bond acceptors (Lipinski definition) is 12. The van der Waals surface area contributed by atoms with Crippen molar-refractivity contribution in [1.82, 2.24) is 0 Å². The smallest absolute Gasteiger partial charge is 0.339 e. The molecule has 4 N–H and O–H groups in total. The van der Waals surface area contributed by atoms with E-state index in [0.29, 0.717) is 22.5 Å². The van der Waals surface area contributed by atoms with Crippen molar-refractivity contribution in [2.75, 3.05) is 21.3 Å². The first-order valence-corrected chi connectivity index (χ1v) is 27.3. The Hall–Kier alpha value is -8.30.